The standard InChI is InChI=1S/C15H27NO3S/c1-13(2)11-5-6-15(13,4)12(7-11)16-20(17,18)10-14(3)8-19-9-14/h11-12,16H,5-10H2,1-4H3/t11-,12+,15-/m1/s1. The van der Waals surface area contributed by atoms with Crippen LogP contribution in [0.25, 0.3) is 0 Å². The second kappa shape index (κ2) is 4.20. The van der Waals surface area contributed by atoms with Crippen molar-refractivity contribution in [1.82, 2.24) is 4.72 Å². The van der Waals surface area contributed by atoms with Gasteiger partial charge in [-0.3, -0.25) is 0 Å². The fraction of sp³-hybridized carbons (Fsp3) is 1.00. The highest BCUT2D eigenvalue weighted by atomic mass is 32.2. The van der Waals surface area contributed by atoms with E-state index in [2.05, 4.69) is 25.5 Å². The van der Waals surface area contributed by atoms with E-state index in [4.69, 9.17) is 4.74 Å². The van der Waals surface area contributed by atoms with E-state index < -0.39 is 10.0 Å². The summed E-state index contributed by atoms with van der Waals surface area (Å²) in [6.07, 6.45) is 3.38. The molecule has 3 fully saturated rings. The highest BCUT2D eigenvalue weighted by molar-refractivity contribution is 7.89. The first-order valence-corrected chi connectivity index (χ1v) is 9.31. The summed E-state index contributed by atoms with van der Waals surface area (Å²) >= 11 is 0. The van der Waals surface area contributed by atoms with Crippen LogP contribution in [-0.4, -0.2) is 33.4 Å². The molecule has 116 valence electrons. The first kappa shape index (κ1) is 14.8. The second-order valence-corrected chi connectivity index (χ2v) is 10.1. The van der Waals surface area contributed by atoms with Crippen LogP contribution in [0.3, 0.4) is 0 Å². The molecule has 5 heteroatoms. The SMILES string of the molecule is CC1(CS(=O)(=O)N[C@H]2C[C@H]3CC[C@@]2(C)C3(C)C)COC1. The largest absolute Gasteiger partial charge is 0.380 e. The van der Waals surface area contributed by atoms with Crippen molar-refractivity contribution in [3.8, 4) is 0 Å². The van der Waals surface area contributed by atoms with E-state index in [0.717, 1.165) is 12.8 Å². The summed E-state index contributed by atoms with van der Waals surface area (Å²) < 4.78 is 33.1. The van der Waals surface area contributed by atoms with Gasteiger partial charge in [0.15, 0.2) is 0 Å². The van der Waals surface area contributed by atoms with Gasteiger partial charge in [0.2, 0.25) is 10.0 Å². The quantitative estimate of drug-likeness (QED) is 0.865. The summed E-state index contributed by atoms with van der Waals surface area (Å²) in [7, 11) is -3.22. The van der Waals surface area contributed by atoms with Crippen LogP contribution in [0.4, 0.5) is 0 Å². The molecule has 1 aliphatic heterocycles. The average Bonchev–Trinajstić information content (AvgIpc) is 2.59. The Morgan fingerprint density at radius 1 is 1.20 bits per heavy atom. The van der Waals surface area contributed by atoms with Crippen molar-refractivity contribution >= 4 is 10.0 Å². The fourth-order valence-electron chi connectivity index (χ4n) is 4.63. The van der Waals surface area contributed by atoms with Crippen LogP contribution in [0, 0.1) is 22.2 Å². The number of ether oxygens (including phenoxy) is 1. The molecule has 1 heterocycles. The van der Waals surface area contributed by atoms with Crippen LogP contribution in [0.1, 0.15) is 47.0 Å². The average molecular weight is 301 g/mol. The van der Waals surface area contributed by atoms with E-state index in [1.54, 1.807) is 0 Å². The molecule has 0 spiro atoms. The van der Waals surface area contributed by atoms with Gasteiger partial charge < -0.3 is 4.74 Å². The van der Waals surface area contributed by atoms with Gasteiger partial charge >= 0.3 is 0 Å². The topological polar surface area (TPSA) is 55.4 Å². The molecule has 2 aliphatic carbocycles. The Morgan fingerprint density at radius 3 is 2.25 bits per heavy atom. The normalized spacial score (nSPS) is 41.6. The maximum Gasteiger partial charge on any atom is 0.212 e. The van der Waals surface area contributed by atoms with E-state index in [9.17, 15) is 8.42 Å². The zero-order chi connectivity index (χ0) is 14.8. The Hall–Kier alpha value is -0.130. The molecule has 0 amide bonds. The van der Waals surface area contributed by atoms with Crippen molar-refractivity contribution in [2.24, 2.45) is 22.2 Å². The Morgan fingerprint density at radius 2 is 1.85 bits per heavy atom. The predicted octanol–water partition coefficient (Wildman–Crippen LogP) is 2.16. The van der Waals surface area contributed by atoms with Gasteiger partial charge in [-0.1, -0.05) is 27.7 Å². The lowest BCUT2D eigenvalue weighted by atomic mass is 9.69. The highest BCUT2D eigenvalue weighted by Gasteiger charge is 2.62. The molecular weight excluding hydrogens is 274 g/mol. The molecule has 1 saturated heterocycles. The molecule has 0 aromatic carbocycles. The Labute approximate surface area is 122 Å². The van der Waals surface area contributed by atoms with Gasteiger partial charge in [-0.15, -0.1) is 0 Å². The molecule has 4 nitrogen and oxygen atoms in total. The van der Waals surface area contributed by atoms with Gasteiger partial charge in [0.25, 0.3) is 0 Å². The predicted molar refractivity (Wildman–Crippen MR) is 78.9 cm³/mol. The minimum absolute atomic E-state index is 0.0990. The van der Waals surface area contributed by atoms with Crippen molar-refractivity contribution < 1.29 is 13.2 Å². The third-order valence-electron chi connectivity index (χ3n) is 6.56. The number of fused-ring (bicyclic) bond motifs is 2. The smallest absolute Gasteiger partial charge is 0.212 e. The van der Waals surface area contributed by atoms with Crippen LogP contribution >= 0.6 is 0 Å². The summed E-state index contributed by atoms with van der Waals surface area (Å²) in [5.74, 6) is 0.848. The van der Waals surface area contributed by atoms with E-state index in [-0.39, 0.29) is 28.0 Å². The Kier molecular flexibility index (Phi) is 3.11. The van der Waals surface area contributed by atoms with E-state index >= 15 is 0 Å². The van der Waals surface area contributed by atoms with Gasteiger partial charge in [-0.05, 0) is 36.0 Å². The summed E-state index contributed by atoms with van der Waals surface area (Å²) in [6.45, 7) is 9.98. The van der Waals surface area contributed by atoms with Gasteiger partial charge in [-0.2, -0.15) is 0 Å². The molecule has 0 radical (unpaired) electrons. The number of nitrogens with one attached hydrogen (secondary N) is 1. The third-order valence-corrected chi connectivity index (χ3v) is 8.28. The maximum atomic E-state index is 12.5. The molecule has 2 bridgehead atoms. The van der Waals surface area contributed by atoms with Gasteiger partial charge in [-0.25, -0.2) is 13.1 Å². The van der Waals surface area contributed by atoms with Gasteiger partial charge in [0, 0.05) is 11.5 Å². The monoisotopic (exact) mass is 301 g/mol. The lowest BCUT2D eigenvalue weighted by Gasteiger charge is -2.41. The minimum atomic E-state index is -3.22. The zero-order valence-electron chi connectivity index (χ0n) is 13.0. The van der Waals surface area contributed by atoms with E-state index in [1.165, 1.54) is 6.42 Å². The summed E-state index contributed by atoms with van der Waals surface area (Å²) in [4.78, 5) is 0. The van der Waals surface area contributed by atoms with Crippen molar-refractivity contribution in [1.29, 1.82) is 0 Å². The molecule has 1 N–H and O–H groups in total. The molecule has 0 aromatic rings. The van der Waals surface area contributed by atoms with Crippen molar-refractivity contribution in [2.45, 2.75) is 53.0 Å². The van der Waals surface area contributed by atoms with E-state index in [0.29, 0.717) is 19.1 Å². The number of hydrogen-bond acceptors (Lipinski definition) is 3. The number of hydrogen-bond donors (Lipinski definition) is 1. The molecule has 3 rings (SSSR count). The Bertz CT molecular complexity index is 509. The lowest BCUT2D eigenvalue weighted by molar-refractivity contribution is -0.0871. The fourth-order valence-corrected chi connectivity index (χ4v) is 6.59. The van der Waals surface area contributed by atoms with Gasteiger partial charge in [0.1, 0.15) is 0 Å². The second-order valence-electron chi connectivity index (χ2n) is 8.34. The van der Waals surface area contributed by atoms with Gasteiger partial charge in [0.05, 0.1) is 19.0 Å². The molecule has 3 aliphatic rings. The molecule has 0 unspecified atom stereocenters. The third kappa shape index (κ3) is 2.04. The molecular formula is C15H27NO3S. The molecule has 0 aromatic heterocycles. The molecule has 3 atom stereocenters. The summed E-state index contributed by atoms with van der Waals surface area (Å²) in [5.41, 5.74) is 0.144. The van der Waals surface area contributed by atoms with Crippen LogP contribution < -0.4 is 4.72 Å². The van der Waals surface area contributed by atoms with Crippen LogP contribution in [0.2, 0.25) is 0 Å². The van der Waals surface area contributed by atoms with Crippen molar-refractivity contribution in [3.05, 3.63) is 0 Å². The first-order valence-electron chi connectivity index (χ1n) is 7.66. The highest BCUT2D eigenvalue weighted by Crippen LogP contribution is 2.65. The number of sulfonamides is 1. The van der Waals surface area contributed by atoms with Crippen molar-refractivity contribution in [2.75, 3.05) is 19.0 Å². The zero-order valence-corrected chi connectivity index (χ0v) is 13.8. The van der Waals surface area contributed by atoms with Crippen molar-refractivity contribution in [3.63, 3.8) is 0 Å². The van der Waals surface area contributed by atoms with Crippen LogP contribution in [0.15, 0.2) is 0 Å². The maximum absolute atomic E-state index is 12.5. The molecule has 2 saturated carbocycles. The van der Waals surface area contributed by atoms with Crippen LogP contribution in [0.5, 0.6) is 0 Å². The van der Waals surface area contributed by atoms with E-state index in [1.807, 2.05) is 6.92 Å². The first-order chi connectivity index (χ1) is 9.08. The lowest BCUT2D eigenvalue weighted by Crippen LogP contribution is -2.52. The summed E-state index contributed by atoms with van der Waals surface area (Å²) in [5, 5.41) is 0. The van der Waals surface area contributed by atoms with Crippen LogP contribution in [-0.2, 0) is 14.8 Å². The Balaban J connectivity index is 1.73. The summed E-state index contributed by atoms with van der Waals surface area (Å²) in [6, 6.07) is 0.103. The minimum Gasteiger partial charge on any atom is -0.380 e. The molecule has 20 heavy (non-hydrogen) atoms. The number of rotatable bonds is 4.